The minimum Gasteiger partial charge on any atom is -0.352 e. The maximum atomic E-state index is 4.32. The number of nitrogens with zero attached hydrogens (tertiary/aromatic N) is 4. The zero-order valence-electron chi connectivity index (χ0n) is 17.5. The molecule has 29 heavy (non-hydrogen) atoms. The molecule has 0 amide bonds. The van der Waals surface area contributed by atoms with Crippen molar-refractivity contribution in [2.24, 2.45) is 4.99 Å². The number of benzene rings is 1. The summed E-state index contributed by atoms with van der Waals surface area (Å²) in [6.07, 6.45) is 1.80. The predicted molar refractivity (Wildman–Crippen MR) is 131 cm³/mol. The summed E-state index contributed by atoms with van der Waals surface area (Å²) in [4.78, 5) is 13.7. The first-order chi connectivity index (χ1) is 13.8. The molecular formula is C22H33IN6. The van der Waals surface area contributed by atoms with Crippen LogP contribution < -0.4 is 10.6 Å². The first kappa shape index (κ1) is 23.6. The lowest BCUT2D eigenvalue weighted by Gasteiger charge is -2.34. The van der Waals surface area contributed by atoms with Crippen molar-refractivity contribution < 1.29 is 0 Å². The van der Waals surface area contributed by atoms with Gasteiger partial charge >= 0.3 is 0 Å². The van der Waals surface area contributed by atoms with E-state index in [1.165, 1.54) is 24.2 Å². The Labute approximate surface area is 191 Å². The van der Waals surface area contributed by atoms with Crippen molar-refractivity contribution in [2.45, 2.75) is 26.6 Å². The first-order valence-electron chi connectivity index (χ1n) is 10.1. The van der Waals surface area contributed by atoms with Crippen LogP contribution in [0.5, 0.6) is 0 Å². The molecule has 2 aromatic rings. The van der Waals surface area contributed by atoms with E-state index in [9.17, 15) is 0 Å². The minimum absolute atomic E-state index is 0. The number of halogens is 1. The fraction of sp³-hybridized carbons (Fsp3) is 0.455. The van der Waals surface area contributed by atoms with E-state index < -0.39 is 0 Å². The number of aromatic nitrogens is 1. The number of nitrogens with one attached hydrogen (secondary N) is 2. The lowest BCUT2D eigenvalue weighted by atomic mass is 10.1. The number of hydrogen-bond donors (Lipinski definition) is 2. The van der Waals surface area contributed by atoms with Crippen LogP contribution in [0.25, 0.3) is 0 Å². The third-order valence-corrected chi connectivity index (χ3v) is 5.19. The van der Waals surface area contributed by atoms with E-state index in [1.54, 1.807) is 13.2 Å². The molecule has 1 fully saturated rings. The van der Waals surface area contributed by atoms with Gasteiger partial charge in [-0.15, -0.1) is 24.0 Å². The van der Waals surface area contributed by atoms with E-state index in [4.69, 9.17) is 0 Å². The van der Waals surface area contributed by atoms with E-state index in [1.807, 2.05) is 18.2 Å². The van der Waals surface area contributed by atoms with Gasteiger partial charge in [0.05, 0.1) is 12.2 Å². The molecule has 1 aliphatic rings. The van der Waals surface area contributed by atoms with Crippen LogP contribution in [-0.4, -0.2) is 60.5 Å². The van der Waals surface area contributed by atoms with Crippen LogP contribution in [0.4, 0.5) is 0 Å². The van der Waals surface area contributed by atoms with E-state index in [0.29, 0.717) is 6.54 Å². The SMILES string of the molecule is CCN1CCN(Cc2ccc(CNC(=NC)NCc3ccccn3)cc2)CC1.I. The molecule has 1 aliphatic heterocycles. The fourth-order valence-electron chi connectivity index (χ4n) is 3.37. The Morgan fingerprint density at radius 3 is 2.21 bits per heavy atom. The normalized spacial score (nSPS) is 15.6. The third-order valence-electron chi connectivity index (χ3n) is 5.19. The molecule has 2 N–H and O–H groups in total. The Morgan fingerprint density at radius 1 is 0.931 bits per heavy atom. The number of aliphatic imine (C=N–C) groups is 1. The maximum Gasteiger partial charge on any atom is 0.191 e. The molecule has 0 bridgehead atoms. The average Bonchev–Trinajstić information content (AvgIpc) is 2.76. The summed E-state index contributed by atoms with van der Waals surface area (Å²) in [5.74, 6) is 0.781. The standard InChI is InChI=1S/C22H32N6.HI/c1-3-27-12-14-28(15-13-27)18-20-9-7-19(8-10-20)16-25-22(23-2)26-17-21-6-4-5-11-24-21;/h4-11H,3,12-18H2,1-2H3,(H2,23,25,26);1H. The van der Waals surface area contributed by atoms with E-state index in [-0.39, 0.29) is 24.0 Å². The summed E-state index contributed by atoms with van der Waals surface area (Å²) < 4.78 is 0. The van der Waals surface area contributed by atoms with Gasteiger partial charge in [0.1, 0.15) is 0 Å². The topological polar surface area (TPSA) is 55.8 Å². The largest absolute Gasteiger partial charge is 0.352 e. The number of piperazine rings is 1. The summed E-state index contributed by atoms with van der Waals surface area (Å²) in [6.45, 7) is 10.5. The van der Waals surface area contributed by atoms with Crippen LogP contribution in [0, 0.1) is 0 Å². The molecule has 0 saturated carbocycles. The highest BCUT2D eigenvalue weighted by atomic mass is 127. The zero-order chi connectivity index (χ0) is 19.6. The molecule has 1 aromatic heterocycles. The van der Waals surface area contributed by atoms with Gasteiger partial charge in [-0.1, -0.05) is 37.3 Å². The molecule has 1 saturated heterocycles. The summed E-state index contributed by atoms with van der Waals surface area (Å²) in [5, 5.41) is 6.66. The molecule has 0 aliphatic carbocycles. The maximum absolute atomic E-state index is 4.32. The van der Waals surface area contributed by atoms with Crippen molar-refractivity contribution in [2.75, 3.05) is 39.8 Å². The number of hydrogen-bond acceptors (Lipinski definition) is 4. The number of rotatable bonds is 7. The smallest absolute Gasteiger partial charge is 0.191 e. The van der Waals surface area contributed by atoms with Gasteiger partial charge in [-0.05, 0) is 29.8 Å². The quantitative estimate of drug-likeness (QED) is 0.342. The van der Waals surface area contributed by atoms with Gasteiger partial charge in [0.15, 0.2) is 5.96 Å². The van der Waals surface area contributed by atoms with Crippen LogP contribution in [0.3, 0.4) is 0 Å². The zero-order valence-corrected chi connectivity index (χ0v) is 19.8. The summed E-state index contributed by atoms with van der Waals surface area (Å²) in [5.41, 5.74) is 3.63. The Balaban J connectivity index is 0.00000300. The van der Waals surface area contributed by atoms with Crippen LogP contribution in [0.1, 0.15) is 23.7 Å². The van der Waals surface area contributed by atoms with Gasteiger partial charge in [0.25, 0.3) is 0 Å². The van der Waals surface area contributed by atoms with Crippen LogP contribution >= 0.6 is 24.0 Å². The monoisotopic (exact) mass is 508 g/mol. The van der Waals surface area contributed by atoms with E-state index >= 15 is 0 Å². The second kappa shape index (κ2) is 12.8. The van der Waals surface area contributed by atoms with Gasteiger partial charge < -0.3 is 15.5 Å². The van der Waals surface area contributed by atoms with Gasteiger partial charge in [-0.3, -0.25) is 14.9 Å². The molecule has 2 heterocycles. The number of pyridine rings is 1. The van der Waals surface area contributed by atoms with Gasteiger partial charge in [0, 0.05) is 52.5 Å². The summed E-state index contributed by atoms with van der Waals surface area (Å²) >= 11 is 0. The summed E-state index contributed by atoms with van der Waals surface area (Å²) in [6, 6.07) is 14.8. The lowest BCUT2D eigenvalue weighted by Crippen LogP contribution is -2.45. The highest BCUT2D eigenvalue weighted by Crippen LogP contribution is 2.10. The Kier molecular flexibility index (Phi) is 10.4. The molecule has 1 aromatic carbocycles. The molecule has 6 nitrogen and oxygen atoms in total. The predicted octanol–water partition coefficient (Wildman–Crippen LogP) is 2.70. The first-order valence-corrected chi connectivity index (χ1v) is 10.1. The molecule has 0 spiro atoms. The van der Waals surface area contributed by atoms with Crippen molar-refractivity contribution >= 4 is 29.9 Å². The van der Waals surface area contributed by atoms with Gasteiger partial charge in [-0.25, -0.2) is 0 Å². The Morgan fingerprint density at radius 2 is 1.59 bits per heavy atom. The fourth-order valence-corrected chi connectivity index (χ4v) is 3.37. The molecular weight excluding hydrogens is 475 g/mol. The van der Waals surface area contributed by atoms with Crippen LogP contribution in [-0.2, 0) is 19.6 Å². The number of likely N-dealkylation sites (N-methyl/N-ethyl adjacent to an activating group) is 1. The highest BCUT2D eigenvalue weighted by Gasteiger charge is 2.15. The summed E-state index contributed by atoms with van der Waals surface area (Å²) in [7, 11) is 1.79. The molecule has 158 valence electrons. The Bertz CT molecular complexity index is 727. The molecule has 7 heteroatoms. The van der Waals surface area contributed by atoms with Crippen molar-refractivity contribution in [1.29, 1.82) is 0 Å². The van der Waals surface area contributed by atoms with E-state index in [2.05, 4.69) is 61.6 Å². The van der Waals surface area contributed by atoms with Crippen molar-refractivity contribution in [3.8, 4) is 0 Å². The number of guanidine groups is 1. The molecule has 0 atom stereocenters. The third kappa shape index (κ3) is 7.91. The van der Waals surface area contributed by atoms with Crippen LogP contribution in [0.2, 0.25) is 0 Å². The van der Waals surface area contributed by atoms with Crippen molar-refractivity contribution in [3.63, 3.8) is 0 Å². The molecule has 0 unspecified atom stereocenters. The lowest BCUT2D eigenvalue weighted by molar-refractivity contribution is 0.132. The molecule has 3 rings (SSSR count). The van der Waals surface area contributed by atoms with E-state index in [0.717, 1.165) is 44.4 Å². The second-order valence-electron chi connectivity index (χ2n) is 7.13. The molecule has 0 radical (unpaired) electrons. The van der Waals surface area contributed by atoms with Crippen LogP contribution in [0.15, 0.2) is 53.7 Å². The van der Waals surface area contributed by atoms with Crippen molar-refractivity contribution in [1.82, 2.24) is 25.4 Å². The minimum atomic E-state index is 0. The van der Waals surface area contributed by atoms with Gasteiger partial charge in [-0.2, -0.15) is 0 Å². The van der Waals surface area contributed by atoms with Gasteiger partial charge in [0.2, 0.25) is 0 Å². The van der Waals surface area contributed by atoms with Crippen molar-refractivity contribution in [3.05, 3.63) is 65.5 Å². The Hall–Kier alpha value is -1.71. The highest BCUT2D eigenvalue weighted by molar-refractivity contribution is 14.0. The average molecular weight is 508 g/mol. The second-order valence-corrected chi connectivity index (χ2v) is 7.13.